The zero-order valence-electron chi connectivity index (χ0n) is 20.6. The molecule has 0 aliphatic rings. The van der Waals surface area contributed by atoms with E-state index in [2.05, 4.69) is 55.5 Å². The van der Waals surface area contributed by atoms with Gasteiger partial charge in [-0.3, -0.25) is 0 Å². The first kappa shape index (κ1) is 25.8. The van der Waals surface area contributed by atoms with Crippen molar-refractivity contribution in [2.24, 2.45) is 0 Å². The molecule has 0 radical (unpaired) electrons. The third kappa shape index (κ3) is 8.51. The molecule has 0 aromatic heterocycles. The molecule has 0 atom stereocenters. The third-order valence-electron chi connectivity index (χ3n) is 5.71. The Bertz CT molecular complexity index is 955. The van der Waals surface area contributed by atoms with Gasteiger partial charge in [-0.05, 0) is 47.4 Å². The molecule has 0 aliphatic carbocycles. The molecule has 4 heteroatoms. The van der Waals surface area contributed by atoms with Gasteiger partial charge in [0.05, 0.1) is 19.8 Å². The minimum absolute atomic E-state index is 0.181. The van der Waals surface area contributed by atoms with Crippen LogP contribution < -0.4 is 9.47 Å². The second-order valence-corrected chi connectivity index (χ2v) is 8.39. The maximum absolute atomic E-state index is 6.22. The maximum Gasteiger partial charge on any atom is 0.189 e. The van der Waals surface area contributed by atoms with Crippen LogP contribution in [0.5, 0.6) is 11.5 Å². The van der Waals surface area contributed by atoms with E-state index >= 15 is 0 Å². The minimum Gasteiger partial charge on any atom is -0.494 e. The summed E-state index contributed by atoms with van der Waals surface area (Å²) in [6.07, 6.45) is 7.48. The Morgan fingerprint density at radius 3 is 2.18 bits per heavy atom. The normalized spacial score (nSPS) is 10.9. The monoisotopic (exact) mass is 462 g/mol. The molecular formula is C30H38O4. The molecule has 0 aliphatic heterocycles. The highest BCUT2D eigenvalue weighted by molar-refractivity contribution is 5.78. The second-order valence-electron chi connectivity index (χ2n) is 8.39. The van der Waals surface area contributed by atoms with E-state index < -0.39 is 0 Å². The van der Waals surface area contributed by atoms with Crippen molar-refractivity contribution in [2.45, 2.75) is 45.4 Å². The molecule has 0 N–H and O–H groups in total. The lowest BCUT2D eigenvalue weighted by molar-refractivity contribution is -0.00821. The van der Waals surface area contributed by atoms with E-state index in [0.717, 1.165) is 46.8 Å². The Labute approximate surface area is 204 Å². The molecule has 4 nitrogen and oxygen atoms in total. The number of para-hydroxylation sites is 1. The van der Waals surface area contributed by atoms with Gasteiger partial charge in [-0.2, -0.15) is 0 Å². The van der Waals surface area contributed by atoms with E-state index in [1.54, 1.807) is 7.11 Å². The van der Waals surface area contributed by atoms with Crippen molar-refractivity contribution >= 4 is 0 Å². The molecule has 0 heterocycles. The highest BCUT2D eigenvalue weighted by Crippen LogP contribution is 2.36. The van der Waals surface area contributed by atoms with Gasteiger partial charge in [0, 0.05) is 12.7 Å². The van der Waals surface area contributed by atoms with Gasteiger partial charge < -0.3 is 18.9 Å². The minimum atomic E-state index is 0.181. The summed E-state index contributed by atoms with van der Waals surface area (Å²) in [6, 6.07) is 24.9. The van der Waals surface area contributed by atoms with Crippen molar-refractivity contribution in [3.8, 4) is 33.8 Å². The van der Waals surface area contributed by atoms with Gasteiger partial charge in [-0.25, -0.2) is 0 Å². The molecule has 0 unspecified atom stereocenters. The van der Waals surface area contributed by atoms with E-state index in [-0.39, 0.29) is 6.79 Å². The third-order valence-corrected chi connectivity index (χ3v) is 5.71. The molecule has 3 aromatic rings. The molecule has 0 fully saturated rings. The topological polar surface area (TPSA) is 36.9 Å². The van der Waals surface area contributed by atoms with Crippen LogP contribution in [0.1, 0.15) is 45.4 Å². The summed E-state index contributed by atoms with van der Waals surface area (Å²) in [7, 11) is 1.66. The number of unbranched alkanes of at least 4 members (excludes halogenated alkanes) is 5. The molecule has 3 aromatic carbocycles. The van der Waals surface area contributed by atoms with Gasteiger partial charge in [0.1, 0.15) is 11.5 Å². The van der Waals surface area contributed by atoms with Crippen molar-refractivity contribution in [3.05, 3.63) is 72.8 Å². The van der Waals surface area contributed by atoms with Crippen molar-refractivity contribution in [1.29, 1.82) is 0 Å². The fourth-order valence-corrected chi connectivity index (χ4v) is 3.84. The quantitative estimate of drug-likeness (QED) is 0.161. The first-order chi connectivity index (χ1) is 16.8. The average molecular weight is 463 g/mol. The summed E-state index contributed by atoms with van der Waals surface area (Å²) >= 11 is 0. The van der Waals surface area contributed by atoms with Crippen molar-refractivity contribution in [1.82, 2.24) is 0 Å². The molecule has 0 amide bonds. The lowest BCUT2D eigenvalue weighted by atomic mass is 9.98. The summed E-state index contributed by atoms with van der Waals surface area (Å²) in [5.41, 5.74) is 4.36. The Hall–Kier alpha value is -2.82. The van der Waals surface area contributed by atoms with Crippen molar-refractivity contribution in [2.75, 3.05) is 33.7 Å². The standard InChI is InChI=1S/C30H38O4/c1-3-4-5-6-7-13-18-33-28-22-26(25-14-9-8-10-15-25)21-27(23-28)29-16-11-12-17-30(29)34-24-32-20-19-31-2/h8-12,14-17,21-23H,3-7,13,18-20,24H2,1-2H3. The molecule has 0 spiro atoms. The molecule has 3 rings (SSSR count). The van der Waals surface area contributed by atoms with Gasteiger partial charge in [0.2, 0.25) is 0 Å². The van der Waals surface area contributed by atoms with E-state index in [1.807, 2.05) is 24.3 Å². The van der Waals surface area contributed by atoms with Crippen LogP contribution in [0.25, 0.3) is 22.3 Å². The number of rotatable bonds is 16. The number of hydrogen-bond donors (Lipinski definition) is 0. The van der Waals surface area contributed by atoms with Crippen LogP contribution in [-0.2, 0) is 9.47 Å². The number of benzene rings is 3. The lowest BCUT2D eigenvalue weighted by Gasteiger charge is -2.15. The molecule has 182 valence electrons. The molecule has 0 saturated heterocycles. The Balaban J connectivity index is 1.76. The Morgan fingerprint density at radius 1 is 0.618 bits per heavy atom. The predicted octanol–water partition coefficient (Wildman–Crippen LogP) is 7.76. The number of ether oxygens (including phenoxy) is 4. The number of hydrogen-bond acceptors (Lipinski definition) is 4. The van der Waals surface area contributed by atoms with Crippen LogP contribution >= 0.6 is 0 Å². The van der Waals surface area contributed by atoms with Crippen LogP contribution in [-0.4, -0.2) is 33.7 Å². The summed E-state index contributed by atoms with van der Waals surface area (Å²) in [4.78, 5) is 0. The average Bonchev–Trinajstić information content (AvgIpc) is 2.88. The highest BCUT2D eigenvalue weighted by atomic mass is 16.7. The zero-order chi connectivity index (χ0) is 23.8. The SMILES string of the molecule is CCCCCCCCOc1cc(-c2ccccc2)cc(-c2ccccc2OCOCCOC)c1. The smallest absolute Gasteiger partial charge is 0.189 e. The van der Waals surface area contributed by atoms with Crippen LogP contribution in [0.15, 0.2) is 72.8 Å². The lowest BCUT2D eigenvalue weighted by Crippen LogP contribution is -2.08. The fraction of sp³-hybridized carbons (Fsp3) is 0.400. The van der Waals surface area contributed by atoms with Crippen molar-refractivity contribution in [3.63, 3.8) is 0 Å². The second kappa shape index (κ2) is 15.2. The molecular weight excluding hydrogens is 424 g/mol. The fourth-order valence-electron chi connectivity index (χ4n) is 3.84. The van der Waals surface area contributed by atoms with E-state index in [4.69, 9.17) is 18.9 Å². The summed E-state index contributed by atoms with van der Waals surface area (Å²) in [6.45, 7) is 4.20. The van der Waals surface area contributed by atoms with E-state index in [0.29, 0.717) is 13.2 Å². The van der Waals surface area contributed by atoms with Gasteiger partial charge in [-0.15, -0.1) is 0 Å². The molecule has 0 bridgehead atoms. The van der Waals surface area contributed by atoms with E-state index in [1.165, 1.54) is 32.1 Å². The molecule has 34 heavy (non-hydrogen) atoms. The summed E-state index contributed by atoms with van der Waals surface area (Å²) in [5, 5.41) is 0. The first-order valence-corrected chi connectivity index (χ1v) is 12.4. The predicted molar refractivity (Wildman–Crippen MR) is 140 cm³/mol. The highest BCUT2D eigenvalue weighted by Gasteiger charge is 2.11. The summed E-state index contributed by atoms with van der Waals surface area (Å²) < 4.78 is 22.7. The maximum atomic E-state index is 6.22. The largest absolute Gasteiger partial charge is 0.494 e. The van der Waals surface area contributed by atoms with Crippen LogP contribution in [0, 0.1) is 0 Å². The first-order valence-electron chi connectivity index (χ1n) is 12.4. The van der Waals surface area contributed by atoms with Crippen LogP contribution in [0.2, 0.25) is 0 Å². The van der Waals surface area contributed by atoms with E-state index in [9.17, 15) is 0 Å². The van der Waals surface area contributed by atoms with Crippen molar-refractivity contribution < 1.29 is 18.9 Å². The Morgan fingerprint density at radius 2 is 1.35 bits per heavy atom. The van der Waals surface area contributed by atoms with Gasteiger partial charge in [0.15, 0.2) is 6.79 Å². The Kier molecular flexibility index (Phi) is 11.5. The summed E-state index contributed by atoms with van der Waals surface area (Å²) in [5.74, 6) is 1.67. The molecule has 0 saturated carbocycles. The number of methoxy groups -OCH3 is 1. The van der Waals surface area contributed by atoms with Crippen LogP contribution in [0.4, 0.5) is 0 Å². The van der Waals surface area contributed by atoms with Gasteiger partial charge >= 0.3 is 0 Å². The van der Waals surface area contributed by atoms with Crippen LogP contribution in [0.3, 0.4) is 0 Å². The zero-order valence-corrected chi connectivity index (χ0v) is 20.6. The van der Waals surface area contributed by atoms with Gasteiger partial charge in [0.25, 0.3) is 0 Å². The van der Waals surface area contributed by atoms with Gasteiger partial charge in [-0.1, -0.05) is 87.6 Å².